The molecule has 0 aliphatic heterocycles. The summed E-state index contributed by atoms with van der Waals surface area (Å²) in [5, 5.41) is 0.915. The van der Waals surface area contributed by atoms with E-state index in [0.29, 0.717) is 27.7 Å². The predicted octanol–water partition coefficient (Wildman–Crippen LogP) is 3.77. The molecule has 5 heteroatoms. The van der Waals surface area contributed by atoms with Crippen LogP contribution < -0.4 is 5.73 Å². The van der Waals surface area contributed by atoms with Gasteiger partial charge in [0.05, 0.1) is 16.8 Å². The van der Waals surface area contributed by atoms with E-state index in [4.69, 9.17) is 28.9 Å². The summed E-state index contributed by atoms with van der Waals surface area (Å²) in [4.78, 5) is 4.12. The molecule has 0 aliphatic carbocycles. The molecule has 0 spiro atoms. The van der Waals surface area contributed by atoms with Gasteiger partial charge in [0.15, 0.2) is 0 Å². The van der Waals surface area contributed by atoms with Crippen molar-refractivity contribution in [1.29, 1.82) is 0 Å². The van der Waals surface area contributed by atoms with Crippen molar-refractivity contribution in [3.63, 3.8) is 0 Å². The molecule has 0 bridgehead atoms. The maximum absolute atomic E-state index is 13.6. The molecule has 18 heavy (non-hydrogen) atoms. The van der Waals surface area contributed by atoms with Crippen LogP contribution in [0.4, 0.5) is 4.39 Å². The van der Waals surface area contributed by atoms with Gasteiger partial charge in [-0.1, -0.05) is 29.3 Å². The Labute approximate surface area is 115 Å². The Morgan fingerprint density at radius 3 is 2.50 bits per heavy atom. The topological polar surface area (TPSA) is 38.9 Å². The van der Waals surface area contributed by atoms with Gasteiger partial charge in [-0.25, -0.2) is 4.39 Å². The fourth-order valence-corrected chi connectivity index (χ4v) is 1.91. The normalized spacial score (nSPS) is 12.4. The van der Waals surface area contributed by atoms with E-state index < -0.39 is 0 Å². The van der Waals surface area contributed by atoms with E-state index in [1.165, 1.54) is 12.3 Å². The van der Waals surface area contributed by atoms with Gasteiger partial charge in [0, 0.05) is 11.2 Å². The first-order chi connectivity index (χ1) is 8.56. The quantitative estimate of drug-likeness (QED) is 0.932. The van der Waals surface area contributed by atoms with Crippen LogP contribution in [0.5, 0.6) is 0 Å². The highest BCUT2D eigenvalue weighted by molar-refractivity contribution is 6.30. The molecule has 0 aliphatic rings. The van der Waals surface area contributed by atoms with E-state index in [-0.39, 0.29) is 11.9 Å². The summed E-state index contributed by atoms with van der Waals surface area (Å²) in [5.41, 5.74) is 7.17. The third-order valence-electron chi connectivity index (χ3n) is 2.59. The fourth-order valence-electron chi connectivity index (χ4n) is 1.64. The van der Waals surface area contributed by atoms with Crippen LogP contribution in [0, 0.1) is 5.82 Å². The monoisotopic (exact) mass is 284 g/mol. The zero-order valence-corrected chi connectivity index (χ0v) is 10.9. The molecule has 1 unspecified atom stereocenters. The smallest absolute Gasteiger partial charge is 0.127 e. The molecule has 2 nitrogen and oxygen atoms in total. The number of halogens is 3. The lowest BCUT2D eigenvalue weighted by atomic mass is 10.0. The highest BCUT2D eigenvalue weighted by Gasteiger charge is 2.11. The first-order valence-electron chi connectivity index (χ1n) is 5.37. The molecule has 1 heterocycles. The zero-order chi connectivity index (χ0) is 13.1. The Morgan fingerprint density at radius 2 is 1.89 bits per heavy atom. The summed E-state index contributed by atoms with van der Waals surface area (Å²) in [6.45, 7) is 0. The van der Waals surface area contributed by atoms with Crippen LogP contribution in [-0.2, 0) is 6.42 Å². The minimum Gasteiger partial charge on any atom is -0.322 e. The summed E-state index contributed by atoms with van der Waals surface area (Å²) in [6.07, 6.45) is 1.88. The van der Waals surface area contributed by atoms with Gasteiger partial charge in [-0.05, 0) is 36.2 Å². The molecule has 1 aromatic carbocycles. The van der Waals surface area contributed by atoms with Crippen LogP contribution >= 0.6 is 23.2 Å². The van der Waals surface area contributed by atoms with Gasteiger partial charge in [0.25, 0.3) is 0 Å². The Morgan fingerprint density at radius 1 is 1.17 bits per heavy atom. The number of hydrogen-bond acceptors (Lipinski definition) is 2. The van der Waals surface area contributed by atoms with Crippen LogP contribution in [0.3, 0.4) is 0 Å². The molecule has 0 saturated heterocycles. The maximum Gasteiger partial charge on any atom is 0.127 e. The fraction of sp³-hybridized carbons (Fsp3) is 0.154. The highest BCUT2D eigenvalue weighted by atomic mass is 35.5. The Hall–Kier alpha value is -1.16. The van der Waals surface area contributed by atoms with Gasteiger partial charge in [-0.2, -0.15) is 0 Å². The van der Waals surface area contributed by atoms with E-state index in [0.717, 1.165) is 0 Å². The lowest BCUT2D eigenvalue weighted by Crippen LogP contribution is -2.15. The average molecular weight is 285 g/mol. The number of rotatable bonds is 3. The molecule has 2 N–H and O–H groups in total. The lowest BCUT2D eigenvalue weighted by Gasteiger charge is -2.12. The molecule has 0 amide bonds. The summed E-state index contributed by atoms with van der Waals surface area (Å²) in [6, 6.07) is 7.62. The van der Waals surface area contributed by atoms with E-state index in [2.05, 4.69) is 4.98 Å². The molecule has 2 rings (SSSR count). The molecule has 0 saturated carbocycles. The van der Waals surface area contributed by atoms with E-state index in [1.54, 1.807) is 24.3 Å². The number of nitrogens with two attached hydrogens (primary N) is 1. The molecule has 0 radical (unpaired) electrons. The van der Waals surface area contributed by atoms with Crippen molar-refractivity contribution in [3.8, 4) is 0 Å². The van der Waals surface area contributed by atoms with Crippen molar-refractivity contribution in [3.05, 3.63) is 63.6 Å². The van der Waals surface area contributed by atoms with Gasteiger partial charge >= 0.3 is 0 Å². The van der Waals surface area contributed by atoms with Crippen molar-refractivity contribution in [2.45, 2.75) is 12.5 Å². The second kappa shape index (κ2) is 5.65. The van der Waals surface area contributed by atoms with Gasteiger partial charge in [0.2, 0.25) is 0 Å². The third-order valence-corrected chi connectivity index (χ3v) is 3.04. The van der Waals surface area contributed by atoms with Gasteiger partial charge in [-0.15, -0.1) is 0 Å². The molecular formula is C13H11Cl2FN2. The van der Waals surface area contributed by atoms with E-state index >= 15 is 0 Å². The standard InChI is InChI=1S/C13H11Cl2FN2/c14-9-2-1-8(11(16)6-9)5-12(17)13-4-3-10(15)7-18-13/h1-4,6-7,12H,5,17H2. The van der Waals surface area contributed by atoms with Gasteiger partial charge in [0.1, 0.15) is 5.82 Å². The third kappa shape index (κ3) is 3.19. The molecule has 1 atom stereocenters. The number of pyridine rings is 1. The second-order valence-corrected chi connectivity index (χ2v) is 4.82. The summed E-state index contributed by atoms with van der Waals surface area (Å²) < 4.78 is 13.6. The maximum atomic E-state index is 13.6. The minimum atomic E-state index is -0.377. The van der Waals surface area contributed by atoms with E-state index in [1.807, 2.05) is 0 Å². The number of nitrogens with zero attached hydrogens (tertiary/aromatic N) is 1. The lowest BCUT2D eigenvalue weighted by molar-refractivity contribution is 0.590. The predicted molar refractivity (Wildman–Crippen MR) is 71.3 cm³/mol. The molecule has 1 aromatic heterocycles. The van der Waals surface area contributed by atoms with Crippen molar-refractivity contribution >= 4 is 23.2 Å². The Balaban J connectivity index is 2.15. The van der Waals surface area contributed by atoms with Crippen LogP contribution in [-0.4, -0.2) is 4.98 Å². The molecule has 0 fully saturated rings. The Kier molecular flexibility index (Phi) is 4.17. The van der Waals surface area contributed by atoms with Crippen LogP contribution in [0.25, 0.3) is 0 Å². The number of hydrogen-bond donors (Lipinski definition) is 1. The largest absolute Gasteiger partial charge is 0.322 e. The van der Waals surface area contributed by atoms with Crippen molar-refractivity contribution in [2.24, 2.45) is 5.73 Å². The molecular weight excluding hydrogens is 274 g/mol. The summed E-state index contributed by atoms with van der Waals surface area (Å²) in [5.74, 6) is -0.355. The van der Waals surface area contributed by atoms with Crippen molar-refractivity contribution < 1.29 is 4.39 Å². The van der Waals surface area contributed by atoms with Crippen molar-refractivity contribution in [1.82, 2.24) is 4.98 Å². The number of aromatic nitrogens is 1. The highest BCUT2D eigenvalue weighted by Crippen LogP contribution is 2.20. The van der Waals surface area contributed by atoms with Crippen LogP contribution in [0.2, 0.25) is 10.0 Å². The van der Waals surface area contributed by atoms with Gasteiger partial charge < -0.3 is 5.73 Å². The van der Waals surface area contributed by atoms with Crippen LogP contribution in [0.1, 0.15) is 17.3 Å². The first-order valence-corrected chi connectivity index (χ1v) is 6.13. The molecule has 2 aromatic rings. The van der Waals surface area contributed by atoms with Crippen molar-refractivity contribution in [2.75, 3.05) is 0 Å². The Bertz CT molecular complexity index is 543. The zero-order valence-electron chi connectivity index (χ0n) is 9.41. The average Bonchev–Trinajstić information content (AvgIpc) is 2.33. The SMILES string of the molecule is NC(Cc1ccc(Cl)cc1F)c1ccc(Cl)cn1. The number of benzene rings is 1. The first kappa shape index (κ1) is 13.3. The minimum absolute atomic E-state index is 0.355. The van der Waals surface area contributed by atoms with Crippen LogP contribution in [0.15, 0.2) is 36.5 Å². The van der Waals surface area contributed by atoms with Gasteiger partial charge in [-0.3, -0.25) is 4.98 Å². The van der Waals surface area contributed by atoms with E-state index in [9.17, 15) is 4.39 Å². The summed E-state index contributed by atoms with van der Waals surface area (Å²) in [7, 11) is 0. The summed E-state index contributed by atoms with van der Waals surface area (Å²) >= 11 is 11.4. The second-order valence-electron chi connectivity index (χ2n) is 3.95. The molecule has 94 valence electrons.